The maximum absolute atomic E-state index is 5.35. The summed E-state index contributed by atoms with van der Waals surface area (Å²) in [6, 6.07) is 6.38. The lowest BCUT2D eigenvalue weighted by Crippen LogP contribution is -2.19. The van der Waals surface area contributed by atoms with Crippen molar-refractivity contribution in [2.45, 2.75) is 19.4 Å². The third-order valence-corrected chi connectivity index (χ3v) is 2.70. The molecule has 0 spiro atoms. The predicted molar refractivity (Wildman–Crippen MR) is 63.8 cm³/mol. The van der Waals surface area contributed by atoms with Gasteiger partial charge in [-0.05, 0) is 37.6 Å². The van der Waals surface area contributed by atoms with E-state index in [4.69, 9.17) is 9.47 Å². The summed E-state index contributed by atoms with van der Waals surface area (Å²) >= 11 is 0. The molecule has 3 heteroatoms. The lowest BCUT2D eigenvalue weighted by atomic mass is 10.1. The Hall–Kier alpha value is -1.48. The first-order valence-electron chi connectivity index (χ1n) is 5.55. The van der Waals surface area contributed by atoms with E-state index < -0.39 is 0 Å². The van der Waals surface area contributed by atoms with Crippen molar-refractivity contribution in [1.29, 1.82) is 0 Å². The number of ether oxygens (including phenoxy) is 2. The molecule has 0 bridgehead atoms. The SMILES string of the molecule is C=CCCNC(C)c1ccc2c(c1)OCO2. The lowest BCUT2D eigenvalue weighted by molar-refractivity contribution is 0.174. The summed E-state index contributed by atoms with van der Waals surface area (Å²) in [5.74, 6) is 1.68. The van der Waals surface area contributed by atoms with Gasteiger partial charge in [0.25, 0.3) is 0 Å². The normalized spacial score (nSPS) is 14.8. The van der Waals surface area contributed by atoms with Crippen LogP contribution in [0.5, 0.6) is 11.5 Å². The van der Waals surface area contributed by atoms with E-state index in [-0.39, 0.29) is 0 Å². The van der Waals surface area contributed by atoms with Crippen molar-refractivity contribution in [3.8, 4) is 11.5 Å². The van der Waals surface area contributed by atoms with Gasteiger partial charge in [0.1, 0.15) is 0 Å². The van der Waals surface area contributed by atoms with Crippen LogP contribution < -0.4 is 14.8 Å². The second kappa shape index (κ2) is 5.03. The molecule has 1 aliphatic heterocycles. The summed E-state index contributed by atoms with van der Waals surface area (Å²) in [7, 11) is 0. The molecular formula is C13H17NO2. The van der Waals surface area contributed by atoms with Crippen molar-refractivity contribution < 1.29 is 9.47 Å². The minimum absolute atomic E-state index is 0.314. The fourth-order valence-corrected chi connectivity index (χ4v) is 1.70. The van der Waals surface area contributed by atoms with Gasteiger partial charge in [-0.1, -0.05) is 12.1 Å². The first kappa shape index (κ1) is 11.0. The first-order chi connectivity index (χ1) is 7.81. The van der Waals surface area contributed by atoms with Crippen molar-refractivity contribution in [2.75, 3.05) is 13.3 Å². The quantitative estimate of drug-likeness (QED) is 0.610. The van der Waals surface area contributed by atoms with Crippen LogP contribution >= 0.6 is 0 Å². The summed E-state index contributed by atoms with van der Waals surface area (Å²) in [6.45, 7) is 7.11. The zero-order valence-corrected chi connectivity index (χ0v) is 9.53. The molecule has 1 heterocycles. The largest absolute Gasteiger partial charge is 0.454 e. The minimum atomic E-state index is 0.314. The highest BCUT2D eigenvalue weighted by Gasteiger charge is 2.15. The fraction of sp³-hybridized carbons (Fsp3) is 0.385. The van der Waals surface area contributed by atoms with E-state index in [1.807, 2.05) is 18.2 Å². The molecule has 1 aromatic rings. The van der Waals surface area contributed by atoms with E-state index in [2.05, 4.69) is 24.9 Å². The molecule has 1 unspecified atom stereocenters. The summed E-state index contributed by atoms with van der Waals surface area (Å²) in [5, 5.41) is 3.42. The van der Waals surface area contributed by atoms with Crippen LogP contribution in [0.15, 0.2) is 30.9 Å². The topological polar surface area (TPSA) is 30.5 Å². The van der Waals surface area contributed by atoms with Gasteiger partial charge in [0.2, 0.25) is 6.79 Å². The van der Waals surface area contributed by atoms with Gasteiger partial charge in [0.05, 0.1) is 0 Å². The molecule has 0 fully saturated rings. The number of rotatable bonds is 5. The second-order valence-electron chi connectivity index (χ2n) is 3.87. The molecule has 0 aromatic heterocycles. The number of benzene rings is 1. The van der Waals surface area contributed by atoms with E-state index in [0.29, 0.717) is 12.8 Å². The highest BCUT2D eigenvalue weighted by atomic mass is 16.7. The Morgan fingerprint density at radius 2 is 2.25 bits per heavy atom. The van der Waals surface area contributed by atoms with Gasteiger partial charge in [-0.2, -0.15) is 0 Å². The molecule has 0 saturated carbocycles. The van der Waals surface area contributed by atoms with Crippen molar-refractivity contribution >= 4 is 0 Å². The maximum Gasteiger partial charge on any atom is 0.231 e. The Kier molecular flexibility index (Phi) is 3.47. The van der Waals surface area contributed by atoms with Crippen molar-refractivity contribution in [3.05, 3.63) is 36.4 Å². The molecule has 1 aliphatic rings. The summed E-state index contributed by atoms with van der Waals surface area (Å²) in [5.41, 5.74) is 1.22. The zero-order chi connectivity index (χ0) is 11.4. The standard InChI is InChI=1S/C13H17NO2/c1-3-4-7-14-10(2)11-5-6-12-13(8-11)16-9-15-12/h3,5-6,8,10,14H,1,4,7,9H2,2H3. The first-order valence-corrected chi connectivity index (χ1v) is 5.55. The van der Waals surface area contributed by atoms with Crippen LogP contribution in [-0.2, 0) is 0 Å². The average Bonchev–Trinajstić information content (AvgIpc) is 2.76. The maximum atomic E-state index is 5.35. The minimum Gasteiger partial charge on any atom is -0.454 e. The molecule has 0 aliphatic carbocycles. The smallest absolute Gasteiger partial charge is 0.231 e. The van der Waals surface area contributed by atoms with E-state index >= 15 is 0 Å². The highest BCUT2D eigenvalue weighted by Crippen LogP contribution is 2.33. The number of nitrogens with one attached hydrogen (secondary N) is 1. The monoisotopic (exact) mass is 219 g/mol. The predicted octanol–water partition coefficient (Wildman–Crippen LogP) is 2.64. The van der Waals surface area contributed by atoms with Gasteiger partial charge in [-0.25, -0.2) is 0 Å². The number of hydrogen-bond donors (Lipinski definition) is 1. The Balaban J connectivity index is 2.00. The molecule has 86 valence electrons. The number of fused-ring (bicyclic) bond motifs is 1. The lowest BCUT2D eigenvalue weighted by Gasteiger charge is -2.13. The van der Waals surface area contributed by atoms with Gasteiger partial charge < -0.3 is 14.8 Å². The van der Waals surface area contributed by atoms with Crippen LogP contribution in [0, 0.1) is 0 Å². The molecule has 2 rings (SSSR count). The highest BCUT2D eigenvalue weighted by molar-refractivity contribution is 5.45. The Morgan fingerprint density at radius 1 is 1.44 bits per heavy atom. The van der Waals surface area contributed by atoms with Gasteiger partial charge >= 0.3 is 0 Å². The van der Waals surface area contributed by atoms with Gasteiger partial charge in [0.15, 0.2) is 11.5 Å². The van der Waals surface area contributed by atoms with E-state index in [0.717, 1.165) is 24.5 Å². The zero-order valence-electron chi connectivity index (χ0n) is 9.53. The third kappa shape index (κ3) is 2.36. The molecule has 0 radical (unpaired) electrons. The molecule has 16 heavy (non-hydrogen) atoms. The summed E-state index contributed by atoms with van der Waals surface area (Å²) < 4.78 is 10.6. The molecule has 1 atom stereocenters. The van der Waals surface area contributed by atoms with Crippen LogP contribution in [0.2, 0.25) is 0 Å². The van der Waals surface area contributed by atoms with E-state index in [9.17, 15) is 0 Å². The van der Waals surface area contributed by atoms with Gasteiger partial charge in [-0.15, -0.1) is 6.58 Å². The summed E-state index contributed by atoms with van der Waals surface area (Å²) in [4.78, 5) is 0. The fourth-order valence-electron chi connectivity index (χ4n) is 1.70. The summed E-state index contributed by atoms with van der Waals surface area (Å²) in [6.07, 6.45) is 2.90. The van der Waals surface area contributed by atoms with E-state index in [1.165, 1.54) is 5.56 Å². The van der Waals surface area contributed by atoms with Crippen LogP contribution in [0.4, 0.5) is 0 Å². The molecule has 1 N–H and O–H groups in total. The van der Waals surface area contributed by atoms with Crippen LogP contribution in [0.1, 0.15) is 24.9 Å². The van der Waals surface area contributed by atoms with Crippen LogP contribution in [-0.4, -0.2) is 13.3 Å². The molecule has 1 aromatic carbocycles. The molecule has 0 amide bonds. The van der Waals surface area contributed by atoms with Gasteiger partial charge in [0, 0.05) is 6.04 Å². The van der Waals surface area contributed by atoms with Crippen molar-refractivity contribution in [2.24, 2.45) is 0 Å². The second-order valence-corrected chi connectivity index (χ2v) is 3.87. The molecule has 3 nitrogen and oxygen atoms in total. The van der Waals surface area contributed by atoms with Crippen LogP contribution in [0.3, 0.4) is 0 Å². The Morgan fingerprint density at radius 3 is 3.06 bits per heavy atom. The molecule has 0 saturated heterocycles. The number of hydrogen-bond acceptors (Lipinski definition) is 3. The third-order valence-electron chi connectivity index (χ3n) is 2.70. The van der Waals surface area contributed by atoms with E-state index in [1.54, 1.807) is 0 Å². The average molecular weight is 219 g/mol. The Labute approximate surface area is 96.1 Å². The van der Waals surface area contributed by atoms with Crippen molar-refractivity contribution in [3.63, 3.8) is 0 Å². The van der Waals surface area contributed by atoms with Gasteiger partial charge in [-0.3, -0.25) is 0 Å². The Bertz CT molecular complexity index is 376. The van der Waals surface area contributed by atoms with Crippen LogP contribution in [0.25, 0.3) is 0 Å². The van der Waals surface area contributed by atoms with Crippen molar-refractivity contribution in [1.82, 2.24) is 5.32 Å². The molecular weight excluding hydrogens is 202 g/mol.